The highest BCUT2D eigenvalue weighted by Gasteiger charge is 2.33. The Bertz CT molecular complexity index is 692. The molecule has 1 fully saturated rings. The van der Waals surface area contributed by atoms with E-state index in [0.717, 1.165) is 49.7 Å². The number of nitrogens with zero attached hydrogens (tertiary/aromatic N) is 5. The van der Waals surface area contributed by atoms with E-state index in [1.807, 2.05) is 24.7 Å². The Morgan fingerprint density at radius 3 is 2.83 bits per heavy atom. The number of aromatic nitrogens is 4. The predicted molar refractivity (Wildman–Crippen MR) is 82.3 cm³/mol. The van der Waals surface area contributed by atoms with Crippen LogP contribution in [0.4, 0.5) is 19.1 Å². The highest BCUT2D eigenvalue weighted by atomic mass is 19.4. The van der Waals surface area contributed by atoms with Crippen molar-refractivity contribution in [1.29, 1.82) is 0 Å². The minimum atomic E-state index is -4.46. The number of hydrogen-bond acceptors (Lipinski definition) is 5. The van der Waals surface area contributed by atoms with Crippen molar-refractivity contribution in [2.75, 3.05) is 18.4 Å². The Balaban J connectivity index is 1.58. The first kappa shape index (κ1) is 16.7. The molecular weight excluding hydrogens is 321 g/mol. The first-order valence-electron chi connectivity index (χ1n) is 7.70. The van der Waals surface area contributed by atoms with Crippen LogP contribution in [0.3, 0.4) is 0 Å². The topological polar surface area (TPSA) is 58.9 Å². The molecule has 0 radical (unpaired) electrons. The fourth-order valence-corrected chi connectivity index (χ4v) is 2.80. The minimum Gasteiger partial charge on any atom is -0.350 e. The van der Waals surface area contributed by atoms with E-state index in [1.165, 1.54) is 0 Å². The number of alkyl halides is 3. The zero-order valence-electron chi connectivity index (χ0n) is 13.5. The van der Waals surface area contributed by atoms with Crippen LogP contribution in [0.1, 0.15) is 23.5 Å². The van der Waals surface area contributed by atoms with Crippen LogP contribution in [0.25, 0.3) is 0 Å². The zero-order chi connectivity index (χ0) is 17.3. The molecule has 1 N–H and O–H groups in total. The van der Waals surface area contributed by atoms with E-state index in [9.17, 15) is 13.2 Å². The second-order valence-corrected chi connectivity index (χ2v) is 6.03. The van der Waals surface area contributed by atoms with Crippen LogP contribution in [-0.2, 0) is 19.8 Å². The molecule has 24 heavy (non-hydrogen) atoms. The molecule has 2 aromatic heterocycles. The summed E-state index contributed by atoms with van der Waals surface area (Å²) in [5, 5.41) is 7.42. The van der Waals surface area contributed by atoms with Crippen molar-refractivity contribution >= 4 is 5.95 Å². The van der Waals surface area contributed by atoms with Gasteiger partial charge in [-0.1, -0.05) is 0 Å². The molecule has 9 heteroatoms. The number of halogens is 3. The van der Waals surface area contributed by atoms with Gasteiger partial charge in [-0.15, -0.1) is 0 Å². The maximum atomic E-state index is 12.7. The van der Waals surface area contributed by atoms with Gasteiger partial charge in [0, 0.05) is 44.6 Å². The van der Waals surface area contributed by atoms with Gasteiger partial charge in [0.05, 0.1) is 5.69 Å². The molecule has 6 nitrogen and oxygen atoms in total. The van der Waals surface area contributed by atoms with Gasteiger partial charge in [0.2, 0.25) is 5.95 Å². The van der Waals surface area contributed by atoms with Crippen LogP contribution in [0.5, 0.6) is 0 Å². The summed E-state index contributed by atoms with van der Waals surface area (Å²) in [4.78, 5) is 9.65. The summed E-state index contributed by atoms with van der Waals surface area (Å²) in [6.45, 7) is 4.29. The molecule has 2 aromatic rings. The lowest BCUT2D eigenvalue weighted by molar-refractivity contribution is -0.141. The third-order valence-electron chi connectivity index (χ3n) is 4.10. The quantitative estimate of drug-likeness (QED) is 0.925. The number of likely N-dealkylation sites (tertiary alicyclic amines) is 1. The highest BCUT2D eigenvalue weighted by Crippen LogP contribution is 2.27. The predicted octanol–water partition coefficient (Wildman–Crippen LogP) is 2.22. The highest BCUT2D eigenvalue weighted by molar-refractivity contribution is 5.28. The van der Waals surface area contributed by atoms with Gasteiger partial charge in [0.1, 0.15) is 5.69 Å². The Morgan fingerprint density at radius 2 is 2.17 bits per heavy atom. The lowest BCUT2D eigenvalue weighted by atomic mass is 10.3. The fourth-order valence-electron chi connectivity index (χ4n) is 2.80. The molecule has 0 amide bonds. The summed E-state index contributed by atoms with van der Waals surface area (Å²) < 4.78 is 39.9. The van der Waals surface area contributed by atoms with Crippen molar-refractivity contribution in [2.24, 2.45) is 7.05 Å². The largest absolute Gasteiger partial charge is 0.433 e. The molecule has 0 aliphatic carbocycles. The molecule has 1 atom stereocenters. The van der Waals surface area contributed by atoms with Gasteiger partial charge in [-0.2, -0.15) is 18.3 Å². The van der Waals surface area contributed by atoms with Crippen LogP contribution in [0.2, 0.25) is 0 Å². The van der Waals surface area contributed by atoms with Crippen molar-refractivity contribution < 1.29 is 13.2 Å². The Morgan fingerprint density at radius 1 is 1.38 bits per heavy atom. The standard InChI is InChI=1S/C15H19F3N6/c1-10-7-12(22-23(10)2)9-24-6-4-11(8-24)20-14-19-5-3-13(21-14)15(16,17)18/h3,5,7,11H,4,6,8-9H2,1-2H3,(H,19,20,21). The van der Waals surface area contributed by atoms with Gasteiger partial charge >= 0.3 is 6.18 Å². The number of rotatable bonds is 4. The first-order chi connectivity index (χ1) is 11.3. The summed E-state index contributed by atoms with van der Waals surface area (Å²) in [6.07, 6.45) is -2.51. The van der Waals surface area contributed by atoms with Crippen LogP contribution < -0.4 is 5.32 Å². The van der Waals surface area contributed by atoms with Crippen molar-refractivity contribution in [1.82, 2.24) is 24.6 Å². The molecule has 1 aliphatic heterocycles. The molecule has 0 spiro atoms. The smallest absolute Gasteiger partial charge is 0.350 e. The molecular formula is C15H19F3N6. The average Bonchev–Trinajstić information content (AvgIpc) is 3.06. The molecule has 1 aliphatic rings. The second kappa shape index (κ2) is 6.39. The third-order valence-corrected chi connectivity index (χ3v) is 4.10. The van der Waals surface area contributed by atoms with Crippen LogP contribution in [0, 0.1) is 6.92 Å². The van der Waals surface area contributed by atoms with Gasteiger partial charge in [0.25, 0.3) is 0 Å². The number of anilines is 1. The maximum Gasteiger partial charge on any atom is 0.433 e. The first-order valence-corrected chi connectivity index (χ1v) is 7.70. The van der Waals surface area contributed by atoms with Crippen LogP contribution in [-0.4, -0.2) is 43.8 Å². The lowest BCUT2D eigenvalue weighted by Gasteiger charge is -2.16. The molecule has 0 saturated carbocycles. The van der Waals surface area contributed by atoms with Gasteiger partial charge in [0.15, 0.2) is 0 Å². The fraction of sp³-hybridized carbons (Fsp3) is 0.533. The van der Waals surface area contributed by atoms with E-state index in [-0.39, 0.29) is 12.0 Å². The second-order valence-electron chi connectivity index (χ2n) is 6.03. The van der Waals surface area contributed by atoms with E-state index in [1.54, 1.807) is 0 Å². The van der Waals surface area contributed by atoms with Gasteiger partial charge in [-0.3, -0.25) is 9.58 Å². The van der Waals surface area contributed by atoms with Gasteiger partial charge in [-0.25, -0.2) is 9.97 Å². The van der Waals surface area contributed by atoms with E-state index in [2.05, 4.69) is 25.3 Å². The van der Waals surface area contributed by atoms with E-state index >= 15 is 0 Å². The van der Waals surface area contributed by atoms with Crippen molar-refractivity contribution in [3.63, 3.8) is 0 Å². The molecule has 1 unspecified atom stereocenters. The minimum absolute atomic E-state index is 0.0188. The normalized spacial score (nSPS) is 19.0. The van der Waals surface area contributed by atoms with Crippen molar-refractivity contribution in [2.45, 2.75) is 32.1 Å². The average molecular weight is 340 g/mol. The van der Waals surface area contributed by atoms with E-state index in [0.29, 0.717) is 0 Å². The van der Waals surface area contributed by atoms with E-state index < -0.39 is 11.9 Å². The van der Waals surface area contributed by atoms with Crippen LogP contribution in [0.15, 0.2) is 18.3 Å². The lowest BCUT2D eigenvalue weighted by Crippen LogP contribution is -2.27. The monoisotopic (exact) mass is 340 g/mol. The molecule has 130 valence electrons. The number of hydrogen-bond donors (Lipinski definition) is 1. The Labute approximate surface area is 137 Å². The summed E-state index contributed by atoms with van der Waals surface area (Å²) >= 11 is 0. The Hall–Kier alpha value is -2.16. The summed E-state index contributed by atoms with van der Waals surface area (Å²) in [5.41, 5.74) is 1.15. The molecule has 1 saturated heterocycles. The zero-order valence-corrected chi connectivity index (χ0v) is 13.5. The van der Waals surface area contributed by atoms with Crippen molar-refractivity contribution in [3.8, 4) is 0 Å². The van der Waals surface area contributed by atoms with Crippen molar-refractivity contribution in [3.05, 3.63) is 35.4 Å². The summed E-state index contributed by atoms with van der Waals surface area (Å²) in [5.74, 6) is 0.0188. The van der Waals surface area contributed by atoms with E-state index in [4.69, 9.17) is 0 Å². The van der Waals surface area contributed by atoms with Gasteiger partial charge < -0.3 is 5.32 Å². The Kier molecular flexibility index (Phi) is 4.44. The molecule has 0 bridgehead atoms. The molecule has 0 aromatic carbocycles. The number of aryl methyl sites for hydroxylation is 2. The summed E-state index contributed by atoms with van der Waals surface area (Å²) in [7, 11) is 1.90. The summed E-state index contributed by atoms with van der Waals surface area (Å²) in [6, 6.07) is 2.94. The molecule has 3 heterocycles. The molecule has 3 rings (SSSR count). The third kappa shape index (κ3) is 3.84. The maximum absolute atomic E-state index is 12.7. The number of nitrogens with one attached hydrogen (secondary N) is 1. The van der Waals surface area contributed by atoms with Crippen LogP contribution >= 0.6 is 0 Å². The SMILES string of the molecule is Cc1cc(CN2CCC(Nc3nccc(C(F)(F)F)n3)C2)nn1C. The van der Waals surface area contributed by atoms with Gasteiger partial charge in [-0.05, 0) is 25.5 Å².